The maximum atomic E-state index is 5.25. The molecule has 0 aliphatic carbocycles. The molecule has 2 aliphatic rings. The number of aromatic nitrogens is 2. The Kier molecular flexibility index (Phi) is 5.53. The summed E-state index contributed by atoms with van der Waals surface area (Å²) in [5.74, 6) is 0.912. The lowest BCUT2D eigenvalue weighted by molar-refractivity contribution is 0.562. The third-order valence-electron chi connectivity index (χ3n) is 8.81. The van der Waals surface area contributed by atoms with Crippen molar-refractivity contribution in [2.24, 2.45) is 4.99 Å². The zero-order valence-corrected chi connectivity index (χ0v) is 24.0. The first kappa shape index (κ1) is 24.7. The molecule has 4 nitrogen and oxygen atoms in total. The maximum absolute atomic E-state index is 5.25. The first-order valence-corrected chi connectivity index (χ1v) is 15.0. The highest BCUT2D eigenvalue weighted by Gasteiger charge is 2.29. The molecule has 0 unspecified atom stereocenters. The van der Waals surface area contributed by atoms with Crippen molar-refractivity contribution in [3.63, 3.8) is 0 Å². The topological polar surface area (TPSA) is 25.5 Å². The van der Waals surface area contributed by atoms with Gasteiger partial charge in [-0.1, -0.05) is 103 Å². The summed E-state index contributed by atoms with van der Waals surface area (Å²) < 4.78 is 4.63. The van der Waals surface area contributed by atoms with Gasteiger partial charge in [0.25, 0.3) is 0 Å². The monoisotopic (exact) mass is 564 g/mol. The predicted octanol–water partition coefficient (Wildman–Crippen LogP) is 9.42. The average Bonchev–Trinajstić information content (AvgIpc) is 3.68. The van der Waals surface area contributed by atoms with Gasteiger partial charge in [0.2, 0.25) is 5.96 Å². The van der Waals surface area contributed by atoms with Crippen LogP contribution in [0.1, 0.15) is 5.56 Å². The fourth-order valence-corrected chi connectivity index (χ4v) is 6.79. The van der Waals surface area contributed by atoms with Gasteiger partial charge in [-0.05, 0) is 59.2 Å². The quantitative estimate of drug-likeness (QED) is 0.210. The van der Waals surface area contributed by atoms with E-state index in [1.54, 1.807) is 0 Å². The van der Waals surface area contributed by atoms with Crippen LogP contribution in [0, 0.1) is 0 Å². The fourth-order valence-electron chi connectivity index (χ4n) is 6.79. The van der Waals surface area contributed by atoms with E-state index in [4.69, 9.17) is 4.99 Å². The number of aliphatic imine (C=N–C) groups is 1. The highest BCUT2D eigenvalue weighted by atomic mass is 15.3. The lowest BCUT2D eigenvalue weighted by Crippen LogP contribution is -2.38. The molecule has 0 amide bonds. The second-order valence-electron chi connectivity index (χ2n) is 11.3. The first-order valence-electron chi connectivity index (χ1n) is 15.0. The van der Waals surface area contributed by atoms with E-state index in [9.17, 15) is 0 Å². The second kappa shape index (κ2) is 9.85. The van der Waals surface area contributed by atoms with Crippen molar-refractivity contribution in [1.29, 1.82) is 0 Å². The van der Waals surface area contributed by atoms with Crippen LogP contribution in [-0.2, 0) is 0 Å². The van der Waals surface area contributed by atoms with Crippen LogP contribution in [0.4, 0.5) is 0 Å². The van der Waals surface area contributed by atoms with Gasteiger partial charge in [-0.2, -0.15) is 0 Å². The zero-order chi connectivity index (χ0) is 29.0. The molecule has 0 bridgehead atoms. The van der Waals surface area contributed by atoms with E-state index >= 15 is 0 Å². The van der Waals surface area contributed by atoms with E-state index in [2.05, 4.69) is 172 Å². The largest absolute Gasteiger partial charge is 0.316 e. The minimum atomic E-state index is 0.745. The van der Waals surface area contributed by atoms with Gasteiger partial charge in [0.05, 0.1) is 22.2 Å². The van der Waals surface area contributed by atoms with Gasteiger partial charge in [0.1, 0.15) is 0 Å². The molecule has 0 N–H and O–H groups in total. The molecule has 9 rings (SSSR count). The number of hydrogen-bond acceptors (Lipinski definition) is 2. The summed E-state index contributed by atoms with van der Waals surface area (Å²) in [6, 6.07) is 45.3. The Bertz CT molecular complexity index is 2350. The molecule has 2 aromatic heterocycles. The van der Waals surface area contributed by atoms with E-state index in [0.29, 0.717) is 0 Å². The van der Waals surface area contributed by atoms with Crippen molar-refractivity contribution >= 4 is 44.2 Å². The molecule has 0 fully saturated rings. The van der Waals surface area contributed by atoms with Gasteiger partial charge in [-0.15, -0.1) is 0 Å². The Labute approximate surface area is 255 Å². The third kappa shape index (κ3) is 3.74. The van der Waals surface area contributed by atoms with Crippen LogP contribution in [0.15, 0.2) is 169 Å². The van der Waals surface area contributed by atoms with Crippen molar-refractivity contribution in [2.75, 3.05) is 6.54 Å². The molecule has 7 aromatic rings. The summed E-state index contributed by atoms with van der Waals surface area (Å²) in [7, 11) is 0. The van der Waals surface area contributed by atoms with Crippen molar-refractivity contribution < 1.29 is 0 Å². The van der Waals surface area contributed by atoms with Crippen molar-refractivity contribution in [2.45, 2.75) is 0 Å². The van der Waals surface area contributed by atoms with E-state index < -0.39 is 0 Å². The van der Waals surface area contributed by atoms with Crippen LogP contribution in [0.3, 0.4) is 0 Å². The van der Waals surface area contributed by atoms with Crippen LogP contribution in [-0.4, -0.2) is 26.5 Å². The Balaban J connectivity index is 1.27. The number of benzene rings is 5. The SMILES string of the molecule is C1=CCN2C(=C1)C(c1cccc(-c3ccccc3)c1)=CN=C2n1c2ccccc2c2ccc3c(ccn3-c3ccccc3)c21. The summed E-state index contributed by atoms with van der Waals surface area (Å²) in [6.45, 7) is 0.745. The van der Waals surface area contributed by atoms with Crippen LogP contribution < -0.4 is 0 Å². The molecule has 5 aromatic carbocycles. The Morgan fingerprint density at radius 2 is 1.36 bits per heavy atom. The molecule has 0 saturated heterocycles. The van der Waals surface area contributed by atoms with Gasteiger partial charge in [-0.3, -0.25) is 4.57 Å². The van der Waals surface area contributed by atoms with Crippen molar-refractivity contribution in [1.82, 2.24) is 14.0 Å². The summed E-state index contributed by atoms with van der Waals surface area (Å²) in [5.41, 5.74) is 10.5. The third-order valence-corrected chi connectivity index (χ3v) is 8.81. The average molecular weight is 565 g/mol. The smallest absolute Gasteiger partial charge is 0.215 e. The number of hydrogen-bond donors (Lipinski definition) is 0. The van der Waals surface area contributed by atoms with Crippen LogP contribution in [0.5, 0.6) is 0 Å². The molecule has 0 radical (unpaired) electrons. The van der Waals surface area contributed by atoms with Gasteiger partial charge < -0.3 is 9.47 Å². The highest BCUT2D eigenvalue weighted by molar-refractivity contribution is 6.22. The molecule has 2 aliphatic heterocycles. The Hall–Kier alpha value is -5.87. The Morgan fingerprint density at radius 1 is 0.591 bits per heavy atom. The molecule has 0 spiro atoms. The summed E-state index contributed by atoms with van der Waals surface area (Å²) in [4.78, 5) is 7.60. The van der Waals surface area contributed by atoms with Crippen LogP contribution >= 0.6 is 0 Å². The molecular weight excluding hydrogens is 536 g/mol. The fraction of sp³-hybridized carbons (Fsp3) is 0.0250. The van der Waals surface area contributed by atoms with Gasteiger partial charge >= 0.3 is 0 Å². The summed E-state index contributed by atoms with van der Waals surface area (Å²) in [6.07, 6.45) is 10.8. The minimum Gasteiger partial charge on any atom is -0.316 e. The van der Waals surface area contributed by atoms with Crippen LogP contribution in [0.2, 0.25) is 0 Å². The minimum absolute atomic E-state index is 0.745. The zero-order valence-electron chi connectivity index (χ0n) is 24.0. The standard InChI is InChI=1S/C40H28N4/c1-3-12-28(13-4-1)29-14-11-15-30(26-29)35-27-41-40(43-24-10-9-19-36(35)43)44-38-20-8-7-18-32(38)33-21-22-37-34(39(33)44)23-25-42(37)31-16-5-2-6-17-31/h1-23,25-27H,24H2. The first-order chi connectivity index (χ1) is 21.8. The molecule has 208 valence electrons. The highest BCUT2D eigenvalue weighted by Crippen LogP contribution is 2.39. The van der Waals surface area contributed by atoms with Gasteiger partial charge in [0.15, 0.2) is 0 Å². The number of rotatable bonds is 3. The van der Waals surface area contributed by atoms with Crippen molar-refractivity contribution in [3.8, 4) is 16.8 Å². The van der Waals surface area contributed by atoms with E-state index in [-0.39, 0.29) is 0 Å². The number of fused-ring (bicyclic) bond motifs is 6. The molecule has 4 heterocycles. The molecule has 0 atom stereocenters. The van der Waals surface area contributed by atoms with E-state index in [1.807, 2.05) is 0 Å². The lowest BCUT2D eigenvalue weighted by Gasteiger charge is -2.34. The Morgan fingerprint density at radius 3 is 2.25 bits per heavy atom. The van der Waals surface area contributed by atoms with E-state index in [1.165, 1.54) is 38.3 Å². The molecule has 4 heteroatoms. The van der Waals surface area contributed by atoms with Gasteiger partial charge in [0, 0.05) is 46.4 Å². The second-order valence-corrected chi connectivity index (χ2v) is 11.3. The molecule has 44 heavy (non-hydrogen) atoms. The normalized spacial score (nSPS) is 14.5. The summed E-state index contributed by atoms with van der Waals surface area (Å²) >= 11 is 0. The van der Waals surface area contributed by atoms with E-state index in [0.717, 1.165) is 40.5 Å². The van der Waals surface area contributed by atoms with Crippen molar-refractivity contribution in [3.05, 3.63) is 169 Å². The molecule has 0 saturated carbocycles. The maximum Gasteiger partial charge on any atom is 0.215 e. The lowest BCUT2D eigenvalue weighted by atomic mass is 9.96. The number of para-hydroxylation sites is 2. The van der Waals surface area contributed by atoms with Crippen LogP contribution in [0.25, 0.3) is 55.1 Å². The molecular formula is C40H28N4. The van der Waals surface area contributed by atoms with Gasteiger partial charge in [-0.25, -0.2) is 4.99 Å². The predicted molar refractivity (Wildman–Crippen MR) is 183 cm³/mol. The number of allylic oxidation sites excluding steroid dienone is 3. The summed E-state index contributed by atoms with van der Waals surface area (Å²) in [5, 5.41) is 3.65. The number of nitrogens with zero attached hydrogens (tertiary/aromatic N) is 4.